The van der Waals surface area contributed by atoms with Crippen molar-refractivity contribution in [2.45, 2.75) is 19.6 Å². The Labute approximate surface area is 109 Å². The smallest absolute Gasteiger partial charge is 0.243 e. The van der Waals surface area contributed by atoms with Crippen LogP contribution in [0.15, 0.2) is 40.6 Å². The fourth-order valence-corrected chi connectivity index (χ4v) is 1.86. The van der Waals surface area contributed by atoms with Crippen LogP contribution in [0.4, 0.5) is 0 Å². The van der Waals surface area contributed by atoms with Gasteiger partial charge in [-0.25, -0.2) is 4.90 Å². The van der Waals surface area contributed by atoms with E-state index in [4.69, 9.17) is 15.8 Å². The van der Waals surface area contributed by atoms with Crippen LogP contribution in [0.3, 0.4) is 0 Å². The summed E-state index contributed by atoms with van der Waals surface area (Å²) < 4.78 is 0. The van der Waals surface area contributed by atoms with Crippen LogP contribution < -0.4 is 5.73 Å². The molecular weight excluding hydrogens is 248 g/mol. The summed E-state index contributed by atoms with van der Waals surface area (Å²) in [7, 11) is 0. The number of oxime groups is 2. The molecule has 1 aromatic carbocycles. The molecule has 7 nitrogen and oxygen atoms in total. The van der Waals surface area contributed by atoms with Crippen LogP contribution in [-0.4, -0.2) is 33.9 Å². The van der Waals surface area contributed by atoms with Crippen molar-refractivity contribution in [2.75, 3.05) is 0 Å². The summed E-state index contributed by atoms with van der Waals surface area (Å²) in [6.07, 6.45) is -0.316. The van der Waals surface area contributed by atoms with Gasteiger partial charge in [0.2, 0.25) is 18.1 Å². The zero-order chi connectivity index (χ0) is 13.8. The number of nitrogens with zero attached hydrogens (tertiary/aromatic N) is 3. The lowest BCUT2D eigenvalue weighted by molar-refractivity contribution is -0.134. The lowest BCUT2D eigenvalue weighted by atomic mass is 10.1. The Morgan fingerprint density at radius 1 is 1.53 bits per heavy atom. The monoisotopic (exact) mass is 262 g/mol. The molecule has 19 heavy (non-hydrogen) atoms. The molecule has 1 amide bonds. The van der Waals surface area contributed by atoms with Crippen LogP contribution in [-0.2, 0) is 9.63 Å². The minimum absolute atomic E-state index is 0.318. The van der Waals surface area contributed by atoms with E-state index in [2.05, 4.69) is 10.3 Å². The fraction of sp³-hybridized carbons (Fsp3) is 0.250. The molecule has 0 saturated carbocycles. The number of carbonyl (C=O) groups excluding carboxylic acids is 1. The Hall–Kier alpha value is -2.57. The normalized spacial score (nSPS) is 18.7. The van der Waals surface area contributed by atoms with Crippen molar-refractivity contribution in [1.29, 1.82) is 0 Å². The van der Waals surface area contributed by atoms with Crippen molar-refractivity contribution in [3.63, 3.8) is 0 Å². The van der Waals surface area contributed by atoms with Gasteiger partial charge in [-0.2, -0.15) is 0 Å². The van der Waals surface area contributed by atoms with Crippen molar-refractivity contribution in [3.05, 3.63) is 35.9 Å². The highest BCUT2D eigenvalue weighted by atomic mass is 16.7. The lowest BCUT2D eigenvalue weighted by Gasteiger charge is -2.23. The predicted octanol–water partition coefficient (Wildman–Crippen LogP) is 0.690. The zero-order valence-corrected chi connectivity index (χ0v) is 10.4. The summed E-state index contributed by atoms with van der Waals surface area (Å²) in [6, 6.07) is 9.46. The molecule has 0 saturated heterocycles. The number of nitrogens with two attached hydrogens (primary N) is 1. The molecule has 1 aliphatic heterocycles. The van der Waals surface area contributed by atoms with Crippen molar-refractivity contribution >= 4 is 17.6 Å². The third-order valence-electron chi connectivity index (χ3n) is 2.74. The van der Waals surface area contributed by atoms with Crippen LogP contribution >= 0.6 is 0 Å². The van der Waals surface area contributed by atoms with Gasteiger partial charge in [0.05, 0.1) is 12.1 Å². The first-order valence-electron chi connectivity index (χ1n) is 5.69. The highest BCUT2D eigenvalue weighted by Gasteiger charge is 2.32. The molecule has 1 aromatic rings. The molecule has 0 bridgehead atoms. The van der Waals surface area contributed by atoms with Crippen LogP contribution in [0.25, 0.3) is 0 Å². The van der Waals surface area contributed by atoms with Gasteiger partial charge in [0, 0.05) is 6.92 Å². The van der Waals surface area contributed by atoms with E-state index < -0.39 is 6.23 Å². The maximum absolute atomic E-state index is 11.5. The average Bonchev–Trinajstić information content (AvgIpc) is 2.88. The Morgan fingerprint density at radius 3 is 2.79 bits per heavy atom. The van der Waals surface area contributed by atoms with Gasteiger partial charge < -0.3 is 15.8 Å². The summed E-state index contributed by atoms with van der Waals surface area (Å²) in [6.45, 7) is 1.31. The third-order valence-corrected chi connectivity index (χ3v) is 2.74. The van der Waals surface area contributed by atoms with E-state index in [-0.39, 0.29) is 11.9 Å². The Balaban J connectivity index is 2.14. The van der Waals surface area contributed by atoms with Gasteiger partial charge in [0.25, 0.3) is 0 Å². The molecule has 0 fully saturated rings. The lowest BCUT2D eigenvalue weighted by Crippen LogP contribution is -2.47. The van der Waals surface area contributed by atoms with E-state index in [1.165, 1.54) is 6.92 Å². The second-order valence-electron chi connectivity index (χ2n) is 4.02. The van der Waals surface area contributed by atoms with Crippen molar-refractivity contribution in [1.82, 2.24) is 4.90 Å². The van der Waals surface area contributed by atoms with Crippen molar-refractivity contribution in [2.24, 2.45) is 16.0 Å². The summed E-state index contributed by atoms with van der Waals surface area (Å²) in [4.78, 5) is 17.7. The Kier molecular flexibility index (Phi) is 3.65. The summed E-state index contributed by atoms with van der Waals surface area (Å²) in [5.41, 5.74) is 7.08. The zero-order valence-electron chi connectivity index (χ0n) is 10.4. The van der Waals surface area contributed by atoms with E-state index in [9.17, 15) is 4.79 Å². The third kappa shape index (κ3) is 2.65. The van der Waals surface area contributed by atoms with Gasteiger partial charge >= 0.3 is 0 Å². The van der Waals surface area contributed by atoms with Gasteiger partial charge in [-0.15, -0.1) is 0 Å². The van der Waals surface area contributed by atoms with Crippen LogP contribution in [0.2, 0.25) is 0 Å². The first-order chi connectivity index (χ1) is 9.13. The van der Waals surface area contributed by atoms with Gasteiger partial charge in [-0.3, -0.25) is 4.79 Å². The standard InChI is InChI=1S/C12H14N4O3/c1-8(17)16(12(13)14-18)11-7-10(15-19-11)9-5-3-2-4-6-9/h2-6,11,18H,7H2,1H3,(H2,13,14). The summed E-state index contributed by atoms with van der Waals surface area (Å²) in [5.74, 6) is -0.702. The van der Waals surface area contributed by atoms with Crippen molar-refractivity contribution in [3.8, 4) is 0 Å². The molecule has 0 spiro atoms. The topological polar surface area (TPSA) is 101 Å². The minimum Gasteiger partial charge on any atom is -0.408 e. The molecule has 1 aliphatic rings. The molecule has 100 valence electrons. The SMILES string of the molecule is CC(=O)N(C(N)=NO)C1CC(c2ccccc2)=NO1. The Morgan fingerprint density at radius 2 is 2.21 bits per heavy atom. The average molecular weight is 262 g/mol. The molecular formula is C12H14N4O3. The van der Waals surface area contributed by atoms with Crippen molar-refractivity contribution < 1.29 is 14.8 Å². The molecule has 2 rings (SSSR count). The molecule has 0 radical (unpaired) electrons. The highest BCUT2D eigenvalue weighted by molar-refractivity contribution is 6.02. The number of rotatable bonds is 2. The quantitative estimate of drug-likeness (QED) is 0.354. The largest absolute Gasteiger partial charge is 0.408 e. The molecule has 1 unspecified atom stereocenters. The molecule has 7 heteroatoms. The number of hydrogen-bond acceptors (Lipinski definition) is 5. The van der Waals surface area contributed by atoms with Gasteiger partial charge in [0.1, 0.15) is 0 Å². The summed E-state index contributed by atoms with van der Waals surface area (Å²) >= 11 is 0. The number of carbonyl (C=O) groups is 1. The highest BCUT2D eigenvalue weighted by Crippen LogP contribution is 2.19. The van der Waals surface area contributed by atoms with E-state index in [0.29, 0.717) is 12.1 Å². The Bertz CT molecular complexity index is 527. The van der Waals surface area contributed by atoms with E-state index >= 15 is 0 Å². The predicted molar refractivity (Wildman–Crippen MR) is 68.4 cm³/mol. The number of guanidine groups is 1. The first-order valence-corrected chi connectivity index (χ1v) is 5.69. The van der Waals surface area contributed by atoms with Crippen LogP contribution in [0, 0.1) is 0 Å². The molecule has 0 aliphatic carbocycles. The minimum atomic E-state index is -0.691. The molecule has 0 aromatic heterocycles. The molecule has 1 atom stereocenters. The maximum atomic E-state index is 11.5. The van der Waals surface area contributed by atoms with E-state index in [1.54, 1.807) is 0 Å². The van der Waals surface area contributed by atoms with Gasteiger partial charge in [-0.1, -0.05) is 40.6 Å². The maximum Gasteiger partial charge on any atom is 0.243 e. The van der Waals surface area contributed by atoms with Crippen LogP contribution in [0.5, 0.6) is 0 Å². The summed E-state index contributed by atoms with van der Waals surface area (Å²) in [5, 5.41) is 15.4. The first kappa shape index (κ1) is 12.9. The van der Waals surface area contributed by atoms with E-state index in [0.717, 1.165) is 10.5 Å². The number of benzene rings is 1. The van der Waals surface area contributed by atoms with Gasteiger partial charge in [-0.05, 0) is 5.56 Å². The molecule has 1 heterocycles. The molecule has 3 N–H and O–H groups in total. The number of hydrogen-bond donors (Lipinski definition) is 2. The number of amides is 1. The second-order valence-corrected chi connectivity index (χ2v) is 4.02. The van der Waals surface area contributed by atoms with E-state index in [1.807, 2.05) is 30.3 Å². The fourth-order valence-electron chi connectivity index (χ4n) is 1.86. The van der Waals surface area contributed by atoms with Crippen LogP contribution in [0.1, 0.15) is 18.9 Å². The van der Waals surface area contributed by atoms with Gasteiger partial charge in [0.15, 0.2) is 0 Å². The second kappa shape index (κ2) is 5.38.